The van der Waals surface area contributed by atoms with Gasteiger partial charge in [-0.05, 0) is 78.0 Å². The fourth-order valence-electron chi connectivity index (χ4n) is 4.30. The third kappa shape index (κ3) is 7.76. The van der Waals surface area contributed by atoms with E-state index in [2.05, 4.69) is 10.6 Å². The molecule has 1 saturated carbocycles. The van der Waals surface area contributed by atoms with E-state index in [0.717, 1.165) is 42.4 Å². The maximum absolute atomic E-state index is 13.6. The van der Waals surface area contributed by atoms with E-state index in [0.29, 0.717) is 0 Å². The Morgan fingerprint density at radius 2 is 1.73 bits per heavy atom. The smallest absolute Gasteiger partial charge is 0.408 e. The highest BCUT2D eigenvalue weighted by atomic mass is 16.6. The van der Waals surface area contributed by atoms with Gasteiger partial charge in [0.05, 0.1) is 0 Å². The first-order valence-electron chi connectivity index (χ1n) is 12.0. The molecule has 7 heteroatoms. The van der Waals surface area contributed by atoms with Crippen LogP contribution in [0.4, 0.5) is 4.79 Å². The van der Waals surface area contributed by atoms with E-state index in [-0.39, 0.29) is 30.4 Å². The molecule has 0 radical (unpaired) electrons. The SMILES string of the molecule is Cc1cccc(C(C(=O)NC2CCCCC2)N(C(=O)CNC(=O)OC(C)(C)C)C(C)C)c1C. The van der Waals surface area contributed by atoms with Crippen molar-refractivity contribution < 1.29 is 19.1 Å². The molecule has 0 spiro atoms. The zero-order chi connectivity index (χ0) is 24.8. The Labute approximate surface area is 198 Å². The Morgan fingerprint density at radius 3 is 2.30 bits per heavy atom. The second-order valence-electron chi connectivity index (χ2n) is 10.3. The molecule has 1 unspecified atom stereocenters. The summed E-state index contributed by atoms with van der Waals surface area (Å²) in [6.07, 6.45) is 4.66. The maximum Gasteiger partial charge on any atom is 0.408 e. The number of hydrogen-bond acceptors (Lipinski definition) is 4. The van der Waals surface area contributed by atoms with Crippen molar-refractivity contribution in [3.63, 3.8) is 0 Å². The number of carbonyl (C=O) groups is 3. The first-order valence-corrected chi connectivity index (χ1v) is 12.0. The molecule has 1 aromatic rings. The molecule has 0 saturated heterocycles. The van der Waals surface area contributed by atoms with E-state index in [1.54, 1.807) is 25.7 Å². The Kier molecular flexibility index (Phi) is 9.32. The number of nitrogens with one attached hydrogen (secondary N) is 2. The Morgan fingerprint density at radius 1 is 1.09 bits per heavy atom. The van der Waals surface area contributed by atoms with E-state index in [4.69, 9.17) is 4.74 Å². The monoisotopic (exact) mass is 459 g/mol. The van der Waals surface area contributed by atoms with Crippen molar-refractivity contribution in [1.29, 1.82) is 0 Å². The molecule has 3 amide bonds. The van der Waals surface area contributed by atoms with Gasteiger partial charge in [-0.3, -0.25) is 9.59 Å². The molecule has 0 bridgehead atoms. The van der Waals surface area contributed by atoms with Crippen LogP contribution in [0, 0.1) is 13.8 Å². The molecule has 7 nitrogen and oxygen atoms in total. The normalized spacial score (nSPS) is 15.6. The van der Waals surface area contributed by atoms with Crippen LogP contribution in [0.15, 0.2) is 18.2 Å². The van der Waals surface area contributed by atoms with Crippen molar-refractivity contribution in [2.75, 3.05) is 6.54 Å². The zero-order valence-electron chi connectivity index (χ0n) is 21.3. The van der Waals surface area contributed by atoms with E-state index < -0.39 is 17.7 Å². The summed E-state index contributed by atoms with van der Waals surface area (Å²) < 4.78 is 5.26. The quantitative estimate of drug-likeness (QED) is 0.626. The van der Waals surface area contributed by atoms with Gasteiger partial charge < -0.3 is 20.3 Å². The van der Waals surface area contributed by atoms with Crippen LogP contribution in [0.1, 0.15) is 89.5 Å². The predicted octanol–water partition coefficient (Wildman–Crippen LogP) is 4.56. The lowest BCUT2D eigenvalue weighted by atomic mass is 9.92. The molecule has 2 N–H and O–H groups in total. The van der Waals surface area contributed by atoms with Gasteiger partial charge in [0.25, 0.3) is 0 Å². The van der Waals surface area contributed by atoms with Gasteiger partial charge in [-0.1, -0.05) is 37.5 Å². The van der Waals surface area contributed by atoms with Crippen LogP contribution in [0.5, 0.6) is 0 Å². The topological polar surface area (TPSA) is 87.7 Å². The van der Waals surface area contributed by atoms with Crippen molar-refractivity contribution >= 4 is 17.9 Å². The number of nitrogens with zero attached hydrogens (tertiary/aromatic N) is 1. The fourth-order valence-corrected chi connectivity index (χ4v) is 4.30. The van der Waals surface area contributed by atoms with E-state index in [1.165, 1.54) is 6.42 Å². The van der Waals surface area contributed by atoms with E-state index in [1.807, 2.05) is 45.9 Å². The number of benzene rings is 1. The highest BCUT2D eigenvalue weighted by molar-refractivity contribution is 5.91. The van der Waals surface area contributed by atoms with Gasteiger partial charge in [0, 0.05) is 12.1 Å². The second-order valence-corrected chi connectivity index (χ2v) is 10.3. The van der Waals surface area contributed by atoms with Crippen molar-refractivity contribution in [3.05, 3.63) is 34.9 Å². The summed E-state index contributed by atoms with van der Waals surface area (Å²) >= 11 is 0. The molecule has 0 aromatic heterocycles. The maximum atomic E-state index is 13.6. The second kappa shape index (κ2) is 11.5. The van der Waals surface area contributed by atoms with Crippen LogP contribution in [-0.4, -0.2) is 47.0 Å². The highest BCUT2D eigenvalue weighted by Gasteiger charge is 2.35. The lowest BCUT2D eigenvalue weighted by Gasteiger charge is -2.37. The zero-order valence-corrected chi connectivity index (χ0v) is 21.3. The van der Waals surface area contributed by atoms with Gasteiger partial charge in [0.15, 0.2) is 0 Å². The number of rotatable bonds is 7. The molecule has 1 atom stereocenters. The standard InChI is InChI=1S/C26H41N3O4/c1-17(2)29(22(30)16-27-25(32)33-26(5,6)7)23(21-15-11-12-18(3)19(21)4)24(31)28-20-13-9-8-10-14-20/h11-12,15,17,20,23H,8-10,13-14,16H2,1-7H3,(H,27,32)(H,28,31). The molecule has 1 aromatic carbocycles. The number of carbonyl (C=O) groups excluding carboxylic acids is 3. The first kappa shape index (κ1) is 26.7. The average Bonchev–Trinajstić information content (AvgIpc) is 2.71. The minimum Gasteiger partial charge on any atom is -0.444 e. The van der Waals surface area contributed by atoms with E-state index in [9.17, 15) is 14.4 Å². The summed E-state index contributed by atoms with van der Waals surface area (Å²) in [7, 11) is 0. The van der Waals surface area contributed by atoms with Crippen molar-refractivity contribution in [1.82, 2.24) is 15.5 Å². The van der Waals surface area contributed by atoms with Crippen molar-refractivity contribution in [2.24, 2.45) is 0 Å². The van der Waals surface area contributed by atoms with E-state index >= 15 is 0 Å². The predicted molar refractivity (Wildman–Crippen MR) is 130 cm³/mol. The number of amides is 3. The third-order valence-electron chi connectivity index (χ3n) is 6.05. The largest absolute Gasteiger partial charge is 0.444 e. The Balaban J connectivity index is 2.32. The summed E-state index contributed by atoms with van der Waals surface area (Å²) in [5, 5.41) is 5.75. The molecule has 184 valence electrons. The van der Waals surface area contributed by atoms with Crippen LogP contribution in [-0.2, 0) is 14.3 Å². The van der Waals surface area contributed by atoms with Crippen LogP contribution < -0.4 is 10.6 Å². The third-order valence-corrected chi connectivity index (χ3v) is 6.05. The molecule has 0 aliphatic heterocycles. The lowest BCUT2D eigenvalue weighted by Crippen LogP contribution is -2.52. The van der Waals surface area contributed by atoms with Crippen molar-refractivity contribution in [2.45, 2.75) is 104 Å². The summed E-state index contributed by atoms with van der Waals surface area (Å²) in [6, 6.07) is 4.93. The average molecular weight is 460 g/mol. The molecule has 1 aliphatic rings. The van der Waals surface area contributed by atoms with Crippen LogP contribution in [0.25, 0.3) is 0 Å². The van der Waals surface area contributed by atoms with Gasteiger partial charge in [-0.25, -0.2) is 4.79 Å². The first-order chi connectivity index (χ1) is 15.4. The van der Waals surface area contributed by atoms with Gasteiger partial charge in [0.2, 0.25) is 11.8 Å². The summed E-state index contributed by atoms with van der Waals surface area (Å²) in [4.78, 5) is 40.7. The van der Waals surface area contributed by atoms with Gasteiger partial charge in [-0.2, -0.15) is 0 Å². The molecule has 0 heterocycles. The minimum atomic E-state index is -0.778. The Hall–Kier alpha value is -2.57. The van der Waals surface area contributed by atoms with Crippen LogP contribution >= 0.6 is 0 Å². The molecule has 33 heavy (non-hydrogen) atoms. The molecule has 1 aliphatic carbocycles. The summed E-state index contributed by atoms with van der Waals surface area (Å²) in [5.74, 6) is -0.504. The van der Waals surface area contributed by atoms with Crippen LogP contribution in [0.3, 0.4) is 0 Å². The Bertz CT molecular complexity index is 838. The number of aryl methyl sites for hydroxylation is 1. The highest BCUT2D eigenvalue weighted by Crippen LogP contribution is 2.29. The molecular formula is C26H41N3O4. The van der Waals surface area contributed by atoms with Crippen molar-refractivity contribution in [3.8, 4) is 0 Å². The molecular weight excluding hydrogens is 418 g/mol. The minimum absolute atomic E-state index is 0.128. The van der Waals surface area contributed by atoms with Crippen LogP contribution in [0.2, 0.25) is 0 Å². The number of ether oxygens (including phenoxy) is 1. The number of alkyl carbamates (subject to hydrolysis) is 1. The van der Waals surface area contributed by atoms with Gasteiger partial charge in [0.1, 0.15) is 18.2 Å². The van der Waals surface area contributed by atoms with Gasteiger partial charge >= 0.3 is 6.09 Å². The van der Waals surface area contributed by atoms with Gasteiger partial charge in [-0.15, -0.1) is 0 Å². The molecule has 1 fully saturated rings. The fraction of sp³-hybridized carbons (Fsp3) is 0.654. The summed E-state index contributed by atoms with van der Waals surface area (Å²) in [5.41, 5.74) is 2.19. The molecule has 2 rings (SSSR count). The lowest BCUT2D eigenvalue weighted by molar-refractivity contribution is -0.142. The summed E-state index contributed by atoms with van der Waals surface area (Å²) in [6.45, 7) is 12.8. The number of hydrogen-bond donors (Lipinski definition) is 2.